The molecule has 1 aliphatic rings. The molecule has 2 heterocycles. The number of benzene rings is 1. The maximum absolute atomic E-state index is 11.1. The molecule has 1 atom stereocenters. The smallest absolute Gasteiger partial charge is 0.221 e. The van der Waals surface area contributed by atoms with Crippen LogP contribution < -0.4 is 5.73 Å². The van der Waals surface area contributed by atoms with Crippen molar-refractivity contribution in [1.82, 2.24) is 9.47 Å². The minimum atomic E-state index is -0.276. The second-order valence-corrected chi connectivity index (χ2v) is 5.94. The van der Waals surface area contributed by atoms with Crippen molar-refractivity contribution in [1.29, 1.82) is 0 Å². The zero-order chi connectivity index (χ0) is 14.3. The molecule has 1 aromatic carbocycles. The van der Waals surface area contributed by atoms with Gasteiger partial charge >= 0.3 is 0 Å². The van der Waals surface area contributed by atoms with Gasteiger partial charge in [-0.3, -0.25) is 4.79 Å². The Bertz CT molecular complexity index is 665. The van der Waals surface area contributed by atoms with Crippen molar-refractivity contribution in [3.05, 3.63) is 35.5 Å². The molecule has 0 radical (unpaired) electrons. The van der Waals surface area contributed by atoms with Gasteiger partial charge < -0.3 is 15.2 Å². The Balaban J connectivity index is 0.00000161. The van der Waals surface area contributed by atoms with Crippen molar-refractivity contribution in [3.63, 3.8) is 0 Å². The first-order chi connectivity index (χ1) is 9.54. The molecule has 2 aromatic rings. The number of carbonyl (C=O) groups is 1. The summed E-state index contributed by atoms with van der Waals surface area (Å²) in [6.07, 6.45) is 3.76. The van der Waals surface area contributed by atoms with Gasteiger partial charge in [-0.2, -0.15) is 0 Å². The van der Waals surface area contributed by atoms with Crippen LogP contribution in [0.3, 0.4) is 0 Å². The average molecular weight is 308 g/mol. The maximum atomic E-state index is 11.1. The molecule has 0 aliphatic carbocycles. The highest BCUT2D eigenvalue weighted by atomic mass is 35.5. The molecule has 21 heavy (non-hydrogen) atoms. The number of nitrogens with zero attached hydrogens (tertiary/aromatic N) is 2. The van der Waals surface area contributed by atoms with Gasteiger partial charge in [-0.05, 0) is 49.2 Å². The SMILES string of the molecule is CN1CCC(c2cn(C)c3ccc(CC(N)=O)cc23)C1.Cl. The van der Waals surface area contributed by atoms with Crippen molar-refractivity contribution < 1.29 is 4.79 Å². The van der Waals surface area contributed by atoms with E-state index < -0.39 is 0 Å². The number of hydrogen-bond acceptors (Lipinski definition) is 2. The molecule has 1 saturated heterocycles. The average Bonchev–Trinajstić information content (AvgIpc) is 2.93. The lowest BCUT2D eigenvalue weighted by Crippen LogP contribution is -2.13. The molecular formula is C16H22ClN3O. The number of likely N-dealkylation sites (tertiary alicyclic amines) is 1. The van der Waals surface area contributed by atoms with Crippen LogP contribution >= 0.6 is 12.4 Å². The van der Waals surface area contributed by atoms with Crippen molar-refractivity contribution >= 4 is 29.2 Å². The van der Waals surface area contributed by atoms with Crippen LogP contribution in [0.1, 0.15) is 23.5 Å². The van der Waals surface area contributed by atoms with E-state index in [0.717, 1.165) is 18.7 Å². The topological polar surface area (TPSA) is 51.3 Å². The van der Waals surface area contributed by atoms with Crippen LogP contribution in [0, 0.1) is 0 Å². The fraction of sp³-hybridized carbons (Fsp3) is 0.438. The molecule has 0 saturated carbocycles. The van der Waals surface area contributed by atoms with E-state index in [1.54, 1.807) is 0 Å². The van der Waals surface area contributed by atoms with Gasteiger partial charge in [0.25, 0.3) is 0 Å². The maximum Gasteiger partial charge on any atom is 0.221 e. The summed E-state index contributed by atoms with van der Waals surface area (Å²) in [5.41, 5.74) is 8.93. The Morgan fingerprint density at radius 2 is 2.14 bits per heavy atom. The summed E-state index contributed by atoms with van der Waals surface area (Å²) in [6.45, 7) is 2.27. The van der Waals surface area contributed by atoms with Crippen LogP contribution in [0.15, 0.2) is 24.4 Å². The fourth-order valence-corrected chi connectivity index (χ4v) is 3.30. The number of likely N-dealkylation sites (N-methyl/N-ethyl adjacent to an activating group) is 1. The summed E-state index contributed by atoms with van der Waals surface area (Å²) in [5.74, 6) is 0.315. The molecule has 1 aromatic heterocycles. The van der Waals surface area contributed by atoms with Crippen LogP contribution in [-0.4, -0.2) is 35.5 Å². The summed E-state index contributed by atoms with van der Waals surface area (Å²) < 4.78 is 2.18. The van der Waals surface area contributed by atoms with Gasteiger partial charge in [0.15, 0.2) is 0 Å². The van der Waals surface area contributed by atoms with E-state index in [-0.39, 0.29) is 18.3 Å². The molecule has 3 rings (SSSR count). The highest BCUT2D eigenvalue weighted by Gasteiger charge is 2.24. The van der Waals surface area contributed by atoms with E-state index in [9.17, 15) is 4.79 Å². The third-order valence-electron chi connectivity index (χ3n) is 4.29. The normalized spacial score (nSPS) is 18.9. The fourth-order valence-electron chi connectivity index (χ4n) is 3.30. The number of carbonyl (C=O) groups excluding carboxylic acids is 1. The van der Waals surface area contributed by atoms with Crippen molar-refractivity contribution in [2.24, 2.45) is 12.8 Å². The monoisotopic (exact) mass is 307 g/mol. The zero-order valence-electron chi connectivity index (χ0n) is 12.5. The molecule has 1 unspecified atom stereocenters. The Labute approximate surface area is 131 Å². The van der Waals surface area contributed by atoms with Gasteiger partial charge in [-0.25, -0.2) is 0 Å². The molecule has 4 nitrogen and oxygen atoms in total. The van der Waals surface area contributed by atoms with Gasteiger partial charge in [-0.15, -0.1) is 12.4 Å². The van der Waals surface area contributed by atoms with E-state index >= 15 is 0 Å². The van der Waals surface area contributed by atoms with Gasteiger partial charge in [0, 0.05) is 30.7 Å². The summed E-state index contributed by atoms with van der Waals surface area (Å²) in [4.78, 5) is 13.5. The summed E-state index contributed by atoms with van der Waals surface area (Å²) in [5, 5.41) is 1.27. The summed E-state index contributed by atoms with van der Waals surface area (Å²) >= 11 is 0. The number of nitrogens with two attached hydrogens (primary N) is 1. The Morgan fingerprint density at radius 1 is 1.38 bits per heavy atom. The molecule has 0 spiro atoms. The van der Waals surface area contributed by atoms with Crippen molar-refractivity contribution in [2.75, 3.05) is 20.1 Å². The van der Waals surface area contributed by atoms with E-state index in [2.05, 4.69) is 41.9 Å². The molecular weight excluding hydrogens is 286 g/mol. The van der Waals surface area contributed by atoms with Gasteiger partial charge in [0.1, 0.15) is 0 Å². The van der Waals surface area contributed by atoms with Gasteiger partial charge in [-0.1, -0.05) is 6.07 Å². The quantitative estimate of drug-likeness (QED) is 0.943. The molecule has 2 N–H and O–H groups in total. The zero-order valence-corrected chi connectivity index (χ0v) is 13.3. The first kappa shape index (κ1) is 15.9. The molecule has 114 valence electrons. The second kappa shape index (κ2) is 6.08. The Morgan fingerprint density at radius 3 is 2.76 bits per heavy atom. The lowest BCUT2D eigenvalue weighted by Gasteiger charge is -2.09. The molecule has 5 heteroatoms. The van der Waals surface area contributed by atoms with E-state index in [4.69, 9.17) is 5.73 Å². The standard InChI is InChI=1S/C16H21N3O.ClH/c1-18-6-5-12(9-18)14-10-19(2)15-4-3-11(7-13(14)15)8-16(17)20;/h3-4,7,10,12H,5-6,8-9H2,1-2H3,(H2,17,20);1H. The second-order valence-electron chi connectivity index (χ2n) is 5.94. The number of aryl methyl sites for hydroxylation is 1. The van der Waals surface area contributed by atoms with Crippen molar-refractivity contribution in [3.8, 4) is 0 Å². The van der Waals surface area contributed by atoms with Gasteiger partial charge in [0.05, 0.1) is 6.42 Å². The van der Waals surface area contributed by atoms with Crippen LogP contribution in [0.5, 0.6) is 0 Å². The van der Waals surface area contributed by atoms with Crippen LogP contribution in [0.25, 0.3) is 10.9 Å². The number of rotatable bonds is 3. The minimum absolute atomic E-state index is 0. The lowest BCUT2D eigenvalue weighted by atomic mass is 9.96. The predicted molar refractivity (Wildman–Crippen MR) is 87.9 cm³/mol. The predicted octanol–water partition coefficient (Wildman–Crippen LogP) is 2.05. The first-order valence-electron chi connectivity index (χ1n) is 7.09. The number of aromatic nitrogens is 1. The van der Waals surface area contributed by atoms with Crippen LogP contribution in [0.4, 0.5) is 0 Å². The van der Waals surface area contributed by atoms with Crippen LogP contribution in [-0.2, 0) is 18.3 Å². The van der Waals surface area contributed by atoms with Crippen molar-refractivity contribution in [2.45, 2.75) is 18.8 Å². The third-order valence-corrected chi connectivity index (χ3v) is 4.29. The molecule has 1 fully saturated rings. The number of amides is 1. The van der Waals surface area contributed by atoms with Gasteiger partial charge in [0.2, 0.25) is 5.91 Å². The van der Waals surface area contributed by atoms with Crippen LogP contribution in [0.2, 0.25) is 0 Å². The third kappa shape index (κ3) is 3.06. The Kier molecular flexibility index (Phi) is 4.59. The lowest BCUT2D eigenvalue weighted by molar-refractivity contribution is -0.117. The van der Waals surface area contributed by atoms with E-state index in [1.165, 1.54) is 22.9 Å². The van der Waals surface area contributed by atoms with E-state index in [0.29, 0.717) is 12.3 Å². The summed E-state index contributed by atoms with van der Waals surface area (Å²) in [7, 11) is 4.25. The Hall–Kier alpha value is -1.52. The number of hydrogen-bond donors (Lipinski definition) is 1. The highest BCUT2D eigenvalue weighted by Crippen LogP contribution is 2.33. The highest BCUT2D eigenvalue weighted by molar-refractivity contribution is 5.87. The molecule has 0 bridgehead atoms. The summed E-state index contributed by atoms with van der Waals surface area (Å²) in [6, 6.07) is 6.22. The minimum Gasteiger partial charge on any atom is -0.369 e. The largest absolute Gasteiger partial charge is 0.369 e. The van der Waals surface area contributed by atoms with E-state index in [1.807, 2.05) is 6.07 Å². The first-order valence-corrected chi connectivity index (χ1v) is 7.09. The number of primary amides is 1. The molecule has 1 aliphatic heterocycles. The number of fused-ring (bicyclic) bond motifs is 1. The molecule has 1 amide bonds. The number of halogens is 1.